The second kappa shape index (κ2) is 5.37. The van der Waals surface area contributed by atoms with Crippen LogP contribution in [-0.4, -0.2) is 35.7 Å². The first-order valence-corrected chi connectivity index (χ1v) is 5.99. The van der Waals surface area contributed by atoms with Crippen molar-refractivity contribution in [2.24, 2.45) is 0 Å². The molecule has 0 radical (unpaired) electrons. The monoisotopic (exact) mass is 282 g/mol. The molecule has 0 bridgehead atoms. The van der Waals surface area contributed by atoms with Crippen molar-refractivity contribution in [2.45, 2.75) is 0 Å². The van der Waals surface area contributed by atoms with Crippen molar-refractivity contribution in [3.63, 3.8) is 0 Å². The number of nitrogens with zero attached hydrogens (tertiary/aromatic N) is 5. The lowest BCUT2D eigenvalue weighted by Gasteiger charge is -2.09. The molecule has 0 saturated heterocycles. The molecule has 0 aliphatic rings. The van der Waals surface area contributed by atoms with Crippen molar-refractivity contribution in [1.82, 2.24) is 24.7 Å². The standard InChI is InChI=1S/C13H10N6O2/c20-10-4-9(5-14-6-10)13(21)18-11-2-1-3-16-12(11)19-8-15-7-17-19/h1-8,20H,(H,18,21). The fourth-order valence-corrected chi connectivity index (χ4v) is 1.74. The molecule has 104 valence electrons. The Morgan fingerprint density at radius 2 is 2.19 bits per heavy atom. The first kappa shape index (κ1) is 12.7. The summed E-state index contributed by atoms with van der Waals surface area (Å²) in [5, 5.41) is 16.0. The number of anilines is 1. The number of hydrogen-bond acceptors (Lipinski definition) is 6. The maximum Gasteiger partial charge on any atom is 0.257 e. The molecule has 1 amide bonds. The summed E-state index contributed by atoms with van der Waals surface area (Å²) in [5.74, 6) is -0.0467. The molecule has 0 saturated carbocycles. The minimum Gasteiger partial charge on any atom is -0.506 e. The lowest BCUT2D eigenvalue weighted by atomic mass is 10.2. The zero-order valence-corrected chi connectivity index (χ0v) is 10.7. The van der Waals surface area contributed by atoms with Crippen LogP contribution in [-0.2, 0) is 0 Å². The highest BCUT2D eigenvalue weighted by molar-refractivity contribution is 6.05. The van der Waals surface area contributed by atoms with E-state index < -0.39 is 5.91 Å². The molecule has 0 aromatic carbocycles. The quantitative estimate of drug-likeness (QED) is 0.742. The lowest BCUT2D eigenvalue weighted by molar-refractivity contribution is 0.102. The van der Waals surface area contributed by atoms with E-state index in [-0.39, 0.29) is 11.3 Å². The fourth-order valence-electron chi connectivity index (χ4n) is 1.74. The van der Waals surface area contributed by atoms with Crippen LogP contribution in [0.2, 0.25) is 0 Å². The Morgan fingerprint density at radius 3 is 2.95 bits per heavy atom. The number of pyridine rings is 2. The molecular formula is C13H10N6O2. The molecule has 2 N–H and O–H groups in total. The molecule has 21 heavy (non-hydrogen) atoms. The van der Waals surface area contributed by atoms with Crippen LogP contribution < -0.4 is 5.32 Å². The zero-order valence-electron chi connectivity index (χ0n) is 10.7. The van der Waals surface area contributed by atoms with Crippen molar-refractivity contribution in [2.75, 3.05) is 5.32 Å². The van der Waals surface area contributed by atoms with Crippen LogP contribution in [0, 0.1) is 0 Å². The van der Waals surface area contributed by atoms with Crippen LogP contribution in [0.4, 0.5) is 5.69 Å². The van der Waals surface area contributed by atoms with Gasteiger partial charge < -0.3 is 10.4 Å². The highest BCUT2D eigenvalue weighted by Gasteiger charge is 2.12. The third-order valence-corrected chi connectivity index (χ3v) is 2.66. The van der Waals surface area contributed by atoms with Crippen LogP contribution in [0.15, 0.2) is 49.4 Å². The molecular weight excluding hydrogens is 272 g/mol. The van der Waals surface area contributed by atoms with Gasteiger partial charge >= 0.3 is 0 Å². The first-order valence-electron chi connectivity index (χ1n) is 5.99. The second-order valence-electron chi connectivity index (χ2n) is 4.10. The van der Waals surface area contributed by atoms with E-state index in [1.165, 1.54) is 35.8 Å². The second-order valence-corrected chi connectivity index (χ2v) is 4.10. The maximum absolute atomic E-state index is 12.2. The first-order chi connectivity index (χ1) is 10.2. The van der Waals surface area contributed by atoms with Gasteiger partial charge in [0.05, 0.1) is 17.4 Å². The minimum atomic E-state index is -0.409. The summed E-state index contributed by atoms with van der Waals surface area (Å²) >= 11 is 0. The number of rotatable bonds is 3. The van der Waals surface area contributed by atoms with Gasteiger partial charge in [-0.1, -0.05) is 0 Å². The number of nitrogens with one attached hydrogen (secondary N) is 1. The van der Waals surface area contributed by atoms with Crippen LogP contribution >= 0.6 is 0 Å². The molecule has 8 nitrogen and oxygen atoms in total. The third kappa shape index (κ3) is 2.68. The summed E-state index contributed by atoms with van der Waals surface area (Å²) in [7, 11) is 0. The van der Waals surface area contributed by atoms with E-state index in [9.17, 15) is 9.90 Å². The summed E-state index contributed by atoms with van der Waals surface area (Å²) in [6, 6.07) is 4.71. The van der Waals surface area contributed by atoms with Crippen LogP contribution in [0.5, 0.6) is 5.75 Å². The van der Waals surface area contributed by atoms with Crippen molar-refractivity contribution in [3.05, 3.63) is 55.0 Å². The molecule has 3 rings (SSSR count). The minimum absolute atomic E-state index is 0.0784. The van der Waals surface area contributed by atoms with Gasteiger partial charge in [0.2, 0.25) is 0 Å². The molecule has 0 spiro atoms. The van der Waals surface area contributed by atoms with E-state index in [2.05, 4.69) is 25.4 Å². The number of amides is 1. The molecule has 0 atom stereocenters. The van der Waals surface area contributed by atoms with Crippen LogP contribution in [0.3, 0.4) is 0 Å². The van der Waals surface area contributed by atoms with Crippen molar-refractivity contribution in [1.29, 1.82) is 0 Å². The Balaban J connectivity index is 1.90. The number of hydrogen-bond donors (Lipinski definition) is 2. The molecule has 3 aromatic heterocycles. The van der Waals surface area contributed by atoms with Gasteiger partial charge in [-0.05, 0) is 18.2 Å². The Labute approximate surface area is 119 Å². The Bertz CT molecular complexity index is 772. The fraction of sp³-hybridized carbons (Fsp3) is 0. The third-order valence-electron chi connectivity index (χ3n) is 2.66. The number of carbonyl (C=O) groups excluding carboxylic acids is 1. The summed E-state index contributed by atoms with van der Waals surface area (Å²) in [6.07, 6.45) is 7.05. The highest BCUT2D eigenvalue weighted by atomic mass is 16.3. The zero-order chi connectivity index (χ0) is 14.7. The van der Waals surface area contributed by atoms with E-state index in [4.69, 9.17) is 0 Å². The maximum atomic E-state index is 12.2. The van der Waals surface area contributed by atoms with Crippen LogP contribution in [0.25, 0.3) is 5.82 Å². The topological polar surface area (TPSA) is 106 Å². The summed E-state index contributed by atoms with van der Waals surface area (Å²) in [5.41, 5.74) is 0.708. The normalized spacial score (nSPS) is 10.3. The van der Waals surface area contributed by atoms with Crippen LogP contribution in [0.1, 0.15) is 10.4 Å². The van der Waals surface area contributed by atoms with Gasteiger partial charge in [-0.15, -0.1) is 0 Å². The summed E-state index contributed by atoms with van der Waals surface area (Å²) in [4.78, 5) is 23.9. The molecule has 3 aromatic rings. The van der Waals surface area contributed by atoms with Crippen molar-refractivity contribution >= 4 is 11.6 Å². The molecule has 3 heterocycles. The summed E-state index contributed by atoms with van der Waals surface area (Å²) < 4.78 is 1.44. The van der Waals surface area contributed by atoms with E-state index in [0.717, 1.165) is 0 Å². The van der Waals surface area contributed by atoms with Gasteiger partial charge in [-0.25, -0.2) is 14.6 Å². The van der Waals surface area contributed by atoms with Gasteiger partial charge in [-0.2, -0.15) is 5.10 Å². The molecule has 0 aliphatic carbocycles. The number of carbonyl (C=O) groups is 1. The molecule has 8 heteroatoms. The van der Waals surface area contributed by atoms with E-state index in [1.54, 1.807) is 18.3 Å². The number of aromatic hydroxyl groups is 1. The van der Waals surface area contributed by atoms with E-state index >= 15 is 0 Å². The Hall–Kier alpha value is -3.29. The Morgan fingerprint density at radius 1 is 1.29 bits per heavy atom. The summed E-state index contributed by atoms with van der Waals surface area (Å²) in [6.45, 7) is 0. The van der Waals surface area contributed by atoms with Gasteiger partial charge in [0.1, 0.15) is 18.4 Å². The van der Waals surface area contributed by atoms with Gasteiger partial charge in [0, 0.05) is 12.4 Å². The average Bonchev–Trinajstić information content (AvgIpc) is 3.02. The lowest BCUT2D eigenvalue weighted by Crippen LogP contribution is -2.15. The van der Waals surface area contributed by atoms with Gasteiger partial charge in [0.25, 0.3) is 5.91 Å². The number of aromatic nitrogens is 5. The van der Waals surface area contributed by atoms with E-state index in [0.29, 0.717) is 11.5 Å². The van der Waals surface area contributed by atoms with E-state index in [1.807, 2.05) is 0 Å². The SMILES string of the molecule is O=C(Nc1cccnc1-n1cncn1)c1cncc(O)c1. The molecule has 0 aliphatic heterocycles. The predicted octanol–water partition coefficient (Wildman–Crippen LogP) is 1.02. The van der Waals surface area contributed by atoms with Crippen molar-refractivity contribution < 1.29 is 9.90 Å². The highest BCUT2D eigenvalue weighted by Crippen LogP contribution is 2.17. The molecule has 0 unspecified atom stereocenters. The smallest absolute Gasteiger partial charge is 0.257 e. The predicted molar refractivity (Wildman–Crippen MR) is 73.0 cm³/mol. The van der Waals surface area contributed by atoms with Crippen molar-refractivity contribution in [3.8, 4) is 11.6 Å². The largest absolute Gasteiger partial charge is 0.506 e. The van der Waals surface area contributed by atoms with Gasteiger partial charge in [0.15, 0.2) is 5.82 Å². The Kier molecular flexibility index (Phi) is 3.26. The van der Waals surface area contributed by atoms with Gasteiger partial charge in [-0.3, -0.25) is 9.78 Å². The average molecular weight is 282 g/mol. The molecule has 0 fully saturated rings.